The van der Waals surface area contributed by atoms with E-state index in [9.17, 15) is 4.79 Å². The summed E-state index contributed by atoms with van der Waals surface area (Å²) in [7, 11) is 0. The smallest absolute Gasteiger partial charge is 0.260 e. The average Bonchev–Trinajstić information content (AvgIpc) is 3.40. The molecule has 0 saturated heterocycles. The number of hydrogen-bond acceptors (Lipinski definition) is 4. The molecular weight excluding hydrogens is 368 g/mol. The third-order valence-electron chi connectivity index (χ3n) is 4.70. The summed E-state index contributed by atoms with van der Waals surface area (Å²) in [5, 5.41) is 0.753. The predicted molar refractivity (Wildman–Crippen MR) is 114 cm³/mol. The third kappa shape index (κ3) is 3.97. The van der Waals surface area contributed by atoms with E-state index in [1.807, 2.05) is 52.1 Å². The van der Waals surface area contributed by atoms with Crippen LogP contribution in [0.4, 0.5) is 5.13 Å². The van der Waals surface area contributed by atoms with Gasteiger partial charge in [-0.15, -0.1) is 0 Å². The maximum absolute atomic E-state index is 13.2. The van der Waals surface area contributed by atoms with Crippen molar-refractivity contribution in [2.45, 2.75) is 26.3 Å². The first kappa shape index (κ1) is 18.4. The zero-order valence-corrected chi connectivity index (χ0v) is 16.6. The van der Waals surface area contributed by atoms with Gasteiger partial charge in [0.05, 0.1) is 16.5 Å². The van der Waals surface area contributed by atoms with Crippen molar-refractivity contribution in [3.63, 3.8) is 0 Å². The van der Waals surface area contributed by atoms with Gasteiger partial charge in [0.1, 0.15) is 0 Å². The van der Waals surface area contributed by atoms with Gasteiger partial charge in [-0.25, -0.2) is 9.97 Å². The number of hydrogen-bond donors (Lipinski definition) is 0. The molecule has 142 valence electrons. The minimum atomic E-state index is -0.0130. The summed E-state index contributed by atoms with van der Waals surface area (Å²) in [6.07, 6.45) is 7.32. The summed E-state index contributed by atoms with van der Waals surface area (Å²) in [5.74, 6) is -0.0130. The van der Waals surface area contributed by atoms with Gasteiger partial charge in [-0.2, -0.15) is 0 Å². The zero-order valence-electron chi connectivity index (χ0n) is 15.8. The number of rotatable bonds is 7. The van der Waals surface area contributed by atoms with E-state index < -0.39 is 0 Å². The number of amides is 1. The Hall–Kier alpha value is -2.99. The van der Waals surface area contributed by atoms with Gasteiger partial charge in [0, 0.05) is 31.0 Å². The van der Waals surface area contributed by atoms with Gasteiger partial charge in [-0.1, -0.05) is 42.5 Å². The number of benzene rings is 2. The van der Waals surface area contributed by atoms with Crippen molar-refractivity contribution < 1.29 is 4.79 Å². The maximum Gasteiger partial charge on any atom is 0.260 e. The van der Waals surface area contributed by atoms with Crippen LogP contribution < -0.4 is 4.90 Å². The third-order valence-corrected chi connectivity index (χ3v) is 5.74. The van der Waals surface area contributed by atoms with E-state index in [-0.39, 0.29) is 5.91 Å². The normalized spacial score (nSPS) is 11.0. The molecule has 2 heterocycles. The minimum Gasteiger partial charge on any atom is -0.337 e. The molecule has 0 aliphatic rings. The number of imidazole rings is 1. The molecule has 0 radical (unpaired) electrons. The Labute approximate surface area is 168 Å². The monoisotopic (exact) mass is 390 g/mol. The molecule has 28 heavy (non-hydrogen) atoms. The largest absolute Gasteiger partial charge is 0.337 e. The Morgan fingerprint density at radius 1 is 1.18 bits per heavy atom. The van der Waals surface area contributed by atoms with Gasteiger partial charge in [-0.3, -0.25) is 9.69 Å². The number of carbonyl (C=O) groups is 1. The summed E-state index contributed by atoms with van der Waals surface area (Å²) in [4.78, 5) is 23.9. The average molecular weight is 391 g/mol. The van der Waals surface area contributed by atoms with E-state index in [1.165, 1.54) is 5.56 Å². The highest BCUT2D eigenvalue weighted by Crippen LogP contribution is 2.30. The van der Waals surface area contributed by atoms with E-state index in [1.54, 1.807) is 23.9 Å². The van der Waals surface area contributed by atoms with E-state index in [0.29, 0.717) is 12.1 Å². The fourth-order valence-corrected chi connectivity index (χ4v) is 4.20. The number of aryl methyl sites for hydroxylation is 2. The molecule has 0 unspecified atom stereocenters. The molecule has 5 nitrogen and oxygen atoms in total. The van der Waals surface area contributed by atoms with E-state index in [2.05, 4.69) is 24.0 Å². The molecule has 4 aromatic rings. The van der Waals surface area contributed by atoms with Crippen molar-refractivity contribution in [3.8, 4) is 0 Å². The molecule has 6 heteroatoms. The molecule has 1 amide bonds. The number of anilines is 1. The van der Waals surface area contributed by atoms with E-state index in [0.717, 1.165) is 34.7 Å². The second kappa shape index (κ2) is 8.35. The van der Waals surface area contributed by atoms with Crippen LogP contribution in [0.3, 0.4) is 0 Å². The number of aromatic nitrogens is 3. The number of thiazole rings is 1. The predicted octanol–water partition coefficient (Wildman–Crippen LogP) is 4.79. The molecular formula is C22H22N4OS. The molecule has 0 N–H and O–H groups in total. The van der Waals surface area contributed by atoms with Crippen molar-refractivity contribution in [1.29, 1.82) is 0 Å². The van der Waals surface area contributed by atoms with Crippen molar-refractivity contribution in [3.05, 3.63) is 78.4 Å². The topological polar surface area (TPSA) is 51.0 Å². The van der Waals surface area contributed by atoms with Crippen LogP contribution in [0.1, 0.15) is 29.3 Å². The van der Waals surface area contributed by atoms with Gasteiger partial charge in [0.25, 0.3) is 5.91 Å². The Morgan fingerprint density at radius 3 is 2.79 bits per heavy atom. The highest BCUT2D eigenvalue weighted by molar-refractivity contribution is 7.22. The van der Waals surface area contributed by atoms with Crippen LogP contribution in [0, 0.1) is 0 Å². The van der Waals surface area contributed by atoms with Gasteiger partial charge >= 0.3 is 0 Å². The summed E-state index contributed by atoms with van der Waals surface area (Å²) in [6, 6.07) is 15.7. The lowest BCUT2D eigenvalue weighted by Crippen LogP contribution is -2.32. The van der Waals surface area contributed by atoms with Gasteiger partial charge < -0.3 is 4.57 Å². The minimum absolute atomic E-state index is 0.0130. The van der Waals surface area contributed by atoms with Crippen molar-refractivity contribution in [1.82, 2.24) is 14.5 Å². The molecule has 0 aliphatic heterocycles. The lowest BCUT2D eigenvalue weighted by molar-refractivity contribution is 0.0986. The van der Waals surface area contributed by atoms with E-state index >= 15 is 0 Å². The van der Waals surface area contributed by atoms with Crippen molar-refractivity contribution >= 4 is 32.6 Å². The Balaban J connectivity index is 1.62. The number of carbonyl (C=O) groups excluding carboxylic acids is 1. The Bertz CT molecular complexity index is 1060. The first-order valence-electron chi connectivity index (χ1n) is 9.46. The highest BCUT2D eigenvalue weighted by atomic mass is 32.1. The summed E-state index contributed by atoms with van der Waals surface area (Å²) in [5.41, 5.74) is 2.90. The Kier molecular flexibility index (Phi) is 5.48. The van der Waals surface area contributed by atoms with Crippen LogP contribution in [0.25, 0.3) is 10.2 Å². The maximum atomic E-state index is 13.2. The van der Waals surface area contributed by atoms with Gasteiger partial charge in [0.15, 0.2) is 5.13 Å². The van der Waals surface area contributed by atoms with Gasteiger partial charge in [-0.05, 0) is 42.7 Å². The quantitative estimate of drug-likeness (QED) is 0.456. The standard InChI is InChI=1S/C22H22N4OS/c1-2-17-9-10-19-20(15-17)28-22(24-19)26(13-6-12-25-14-11-23-16-25)21(27)18-7-4-3-5-8-18/h3-5,7-11,14-16H,2,6,12-13H2,1H3. The fourth-order valence-electron chi connectivity index (χ4n) is 3.14. The molecule has 0 bridgehead atoms. The molecule has 0 aliphatic carbocycles. The first-order chi connectivity index (χ1) is 13.7. The lowest BCUT2D eigenvalue weighted by atomic mass is 10.2. The van der Waals surface area contributed by atoms with Crippen molar-refractivity contribution in [2.75, 3.05) is 11.4 Å². The zero-order chi connectivity index (χ0) is 19.3. The molecule has 0 fully saturated rings. The first-order valence-corrected chi connectivity index (χ1v) is 10.3. The molecule has 2 aromatic heterocycles. The highest BCUT2D eigenvalue weighted by Gasteiger charge is 2.21. The molecule has 2 aromatic carbocycles. The SMILES string of the molecule is CCc1ccc2nc(N(CCCn3ccnc3)C(=O)c3ccccc3)sc2c1. The van der Waals surface area contributed by atoms with Gasteiger partial charge in [0.2, 0.25) is 0 Å². The van der Waals surface area contributed by atoms with Crippen LogP contribution in [0.15, 0.2) is 67.3 Å². The summed E-state index contributed by atoms with van der Waals surface area (Å²) < 4.78 is 3.15. The second-order valence-corrected chi connectivity index (χ2v) is 7.64. The van der Waals surface area contributed by atoms with Crippen LogP contribution in [-0.4, -0.2) is 27.0 Å². The van der Waals surface area contributed by atoms with Crippen molar-refractivity contribution in [2.24, 2.45) is 0 Å². The number of nitrogens with zero attached hydrogens (tertiary/aromatic N) is 4. The van der Waals surface area contributed by atoms with Crippen LogP contribution >= 0.6 is 11.3 Å². The number of fused-ring (bicyclic) bond motifs is 1. The summed E-state index contributed by atoms with van der Waals surface area (Å²) >= 11 is 1.58. The lowest BCUT2D eigenvalue weighted by Gasteiger charge is -2.20. The van der Waals surface area contributed by atoms with Crippen LogP contribution in [0.5, 0.6) is 0 Å². The molecule has 4 rings (SSSR count). The molecule has 0 saturated carbocycles. The van der Waals surface area contributed by atoms with Crippen LogP contribution in [0.2, 0.25) is 0 Å². The van der Waals surface area contributed by atoms with E-state index in [4.69, 9.17) is 4.98 Å². The second-order valence-electron chi connectivity index (χ2n) is 6.63. The fraction of sp³-hybridized carbons (Fsp3) is 0.227. The summed E-state index contributed by atoms with van der Waals surface area (Å²) in [6.45, 7) is 3.56. The van der Waals surface area contributed by atoms with Crippen LogP contribution in [-0.2, 0) is 13.0 Å². The molecule has 0 spiro atoms. The Morgan fingerprint density at radius 2 is 2.04 bits per heavy atom. The molecule has 0 atom stereocenters.